The third kappa shape index (κ3) is 3.35. The Morgan fingerprint density at radius 1 is 1.50 bits per heavy atom. The number of hydrogen-bond donors (Lipinski definition) is 1. The Hall–Kier alpha value is -0.800. The summed E-state index contributed by atoms with van der Waals surface area (Å²) in [5.74, 6) is 0. The standard InChI is InChI=1S/C12H20ClN3/c1-4-16(9-12(2,3)8-14)11-5-6-15-7-10(11)13/h5-7H,4,8-9,14H2,1-3H3. The van der Waals surface area contributed by atoms with E-state index in [1.165, 1.54) is 0 Å². The van der Waals surface area contributed by atoms with Crippen molar-refractivity contribution in [3.05, 3.63) is 23.5 Å². The molecule has 0 aliphatic heterocycles. The fourth-order valence-corrected chi connectivity index (χ4v) is 1.81. The summed E-state index contributed by atoms with van der Waals surface area (Å²) < 4.78 is 0. The number of halogens is 1. The molecule has 0 saturated heterocycles. The molecule has 90 valence electrons. The van der Waals surface area contributed by atoms with Gasteiger partial charge in [0.2, 0.25) is 0 Å². The van der Waals surface area contributed by atoms with Crippen molar-refractivity contribution in [1.82, 2.24) is 4.98 Å². The molecule has 0 aliphatic rings. The maximum atomic E-state index is 6.13. The molecule has 0 radical (unpaired) electrons. The number of pyridine rings is 1. The Morgan fingerprint density at radius 2 is 2.19 bits per heavy atom. The summed E-state index contributed by atoms with van der Waals surface area (Å²) in [5.41, 5.74) is 6.87. The van der Waals surface area contributed by atoms with Crippen LogP contribution in [0.4, 0.5) is 5.69 Å². The van der Waals surface area contributed by atoms with Crippen LogP contribution in [-0.4, -0.2) is 24.6 Å². The SMILES string of the molecule is CCN(CC(C)(C)CN)c1ccncc1Cl. The molecule has 1 aromatic heterocycles. The molecule has 1 rings (SSSR count). The summed E-state index contributed by atoms with van der Waals surface area (Å²) >= 11 is 6.13. The van der Waals surface area contributed by atoms with Crippen molar-refractivity contribution in [3.63, 3.8) is 0 Å². The second-order valence-corrected chi connectivity index (χ2v) is 5.12. The predicted octanol–water partition coefficient (Wildman–Crippen LogP) is 2.55. The molecule has 0 amide bonds. The monoisotopic (exact) mass is 241 g/mol. The van der Waals surface area contributed by atoms with Crippen LogP contribution in [-0.2, 0) is 0 Å². The fourth-order valence-electron chi connectivity index (χ4n) is 1.57. The van der Waals surface area contributed by atoms with Crippen LogP contribution in [0, 0.1) is 5.41 Å². The zero-order valence-corrected chi connectivity index (χ0v) is 11.0. The minimum absolute atomic E-state index is 0.0859. The van der Waals surface area contributed by atoms with Gasteiger partial charge in [0, 0.05) is 25.5 Å². The van der Waals surface area contributed by atoms with Crippen LogP contribution < -0.4 is 10.6 Å². The number of aromatic nitrogens is 1. The van der Waals surface area contributed by atoms with E-state index in [2.05, 4.69) is 30.7 Å². The van der Waals surface area contributed by atoms with Crippen LogP contribution in [0.5, 0.6) is 0 Å². The van der Waals surface area contributed by atoms with Gasteiger partial charge in [0.1, 0.15) is 0 Å². The lowest BCUT2D eigenvalue weighted by atomic mass is 9.93. The highest BCUT2D eigenvalue weighted by Crippen LogP contribution is 2.27. The van der Waals surface area contributed by atoms with Gasteiger partial charge in [-0.1, -0.05) is 25.4 Å². The zero-order chi connectivity index (χ0) is 12.2. The number of rotatable bonds is 5. The molecular weight excluding hydrogens is 222 g/mol. The molecule has 0 atom stereocenters. The van der Waals surface area contributed by atoms with Crippen molar-refractivity contribution < 1.29 is 0 Å². The molecule has 0 unspecified atom stereocenters. The topological polar surface area (TPSA) is 42.1 Å². The van der Waals surface area contributed by atoms with Crippen molar-refractivity contribution in [2.75, 3.05) is 24.5 Å². The van der Waals surface area contributed by atoms with E-state index in [9.17, 15) is 0 Å². The van der Waals surface area contributed by atoms with E-state index >= 15 is 0 Å². The summed E-state index contributed by atoms with van der Waals surface area (Å²) in [6.45, 7) is 8.89. The van der Waals surface area contributed by atoms with E-state index in [0.29, 0.717) is 11.6 Å². The molecule has 1 heterocycles. The van der Waals surface area contributed by atoms with E-state index in [0.717, 1.165) is 18.8 Å². The molecule has 16 heavy (non-hydrogen) atoms. The largest absolute Gasteiger partial charge is 0.370 e. The van der Waals surface area contributed by atoms with E-state index in [4.69, 9.17) is 17.3 Å². The molecule has 4 heteroatoms. The summed E-state index contributed by atoms with van der Waals surface area (Å²) in [6, 6.07) is 1.94. The highest BCUT2D eigenvalue weighted by molar-refractivity contribution is 6.33. The summed E-state index contributed by atoms with van der Waals surface area (Å²) in [5, 5.41) is 0.692. The lowest BCUT2D eigenvalue weighted by molar-refractivity contribution is 0.380. The van der Waals surface area contributed by atoms with Gasteiger partial charge < -0.3 is 10.6 Å². The predicted molar refractivity (Wildman–Crippen MR) is 70.0 cm³/mol. The van der Waals surface area contributed by atoms with Gasteiger partial charge >= 0.3 is 0 Å². The van der Waals surface area contributed by atoms with Crippen LogP contribution in [0.15, 0.2) is 18.5 Å². The van der Waals surface area contributed by atoms with E-state index in [1.807, 2.05) is 6.07 Å². The van der Waals surface area contributed by atoms with Gasteiger partial charge in [-0.05, 0) is 24.9 Å². The first-order valence-electron chi connectivity index (χ1n) is 5.54. The van der Waals surface area contributed by atoms with Crippen molar-refractivity contribution in [2.24, 2.45) is 11.1 Å². The van der Waals surface area contributed by atoms with Gasteiger partial charge in [-0.3, -0.25) is 4.98 Å². The summed E-state index contributed by atoms with van der Waals surface area (Å²) in [6.07, 6.45) is 3.44. The molecular formula is C12H20ClN3. The van der Waals surface area contributed by atoms with Gasteiger partial charge in [0.05, 0.1) is 10.7 Å². The second-order valence-electron chi connectivity index (χ2n) is 4.71. The lowest BCUT2D eigenvalue weighted by Crippen LogP contribution is -2.38. The number of hydrogen-bond acceptors (Lipinski definition) is 3. The van der Waals surface area contributed by atoms with Gasteiger partial charge in [0.15, 0.2) is 0 Å². The van der Waals surface area contributed by atoms with Crippen molar-refractivity contribution in [2.45, 2.75) is 20.8 Å². The number of anilines is 1. The molecule has 0 aromatic carbocycles. The molecule has 2 N–H and O–H groups in total. The Morgan fingerprint density at radius 3 is 2.69 bits per heavy atom. The van der Waals surface area contributed by atoms with Crippen LogP contribution in [0.3, 0.4) is 0 Å². The second kappa shape index (κ2) is 5.51. The maximum absolute atomic E-state index is 6.13. The lowest BCUT2D eigenvalue weighted by Gasteiger charge is -2.33. The smallest absolute Gasteiger partial charge is 0.0822 e. The van der Waals surface area contributed by atoms with Gasteiger partial charge in [-0.15, -0.1) is 0 Å². The van der Waals surface area contributed by atoms with E-state index in [-0.39, 0.29) is 5.41 Å². The quantitative estimate of drug-likeness (QED) is 0.862. The maximum Gasteiger partial charge on any atom is 0.0822 e. The first kappa shape index (κ1) is 13.3. The van der Waals surface area contributed by atoms with Crippen LogP contribution >= 0.6 is 11.6 Å². The van der Waals surface area contributed by atoms with E-state index < -0.39 is 0 Å². The average molecular weight is 242 g/mol. The van der Waals surface area contributed by atoms with Crippen molar-refractivity contribution in [3.8, 4) is 0 Å². The fraction of sp³-hybridized carbons (Fsp3) is 0.583. The van der Waals surface area contributed by atoms with Crippen LogP contribution in [0.1, 0.15) is 20.8 Å². The highest BCUT2D eigenvalue weighted by Gasteiger charge is 2.20. The van der Waals surface area contributed by atoms with E-state index in [1.54, 1.807) is 12.4 Å². The van der Waals surface area contributed by atoms with Crippen LogP contribution in [0.25, 0.3) is 0 Å². The summed E-state index contributed by atoms with van der Waals surface area (Å²) in [4.78, 5) is 6.23. The van der Waals surface area contributed by atoms with Gasteiger partial charge in [-0.25, -0.2) is 0 Å². The Bertz CT molecular complexity index is 339. The minimum Gasteiger partial charge on any atom is -0.370 e. The molecule has 0 saturated carbocycles. The molecule has 0 spiro atoms. The molecule has 0 aliphatic carbocycles. The normalized spacial score (nSPS) is 11.6. The minimum atomic E-state index is 0.0859. The number of nitrogens with zero attached hydrogens (tertiary/aromatic N) is 2. The summed E-state index contributed by atoms with van der Waals surface area (Å²) in [7, 11) is 0. The highest BCUT2D eigenvalue weighted by atomic mass is 35.5. The first-order valence-corrected chi connectivity index (χ1v) is 5.92. The Kier molecular flexibility index (Phi) is 4.56. The third-order valence-electron chi connectivity index (χ3n) is 2.64. The molecule has 1 aromatic rings. The third-order valence-corrected chi connectivity index (χ3v) is 2.94. The van der Waals surface area contributed by atoms with Gasteiger partial charge in [-0.2, -0.15) is 0 Å². The zero-order valence-electron chi connectivity index (χ0n) is 10.2. The Balaban J connectivity index is 2.87. The molecule has 3 nitrogen and oxygen atoms in total. The molecule has 0 bridgehead atoms. The van der Waals surface area contributed by atoms with Gasteiger partial charge in [0.25, 0.3) is 0 Å². The molecule has 0 fully saturated rings. The van der Waals surface area contributed by atoms with Crippen molar-refractivity contribution in [1.29, 1.82) is 0 Å². The Labute approximate surface area is 103 Å². The van der Waals surface area contributed by atoms with Crippen LogP contribution in [0.2, 0.25) is 5.02 Å². The number of nitrogens with two attached hydrogens (primary N) is 1. The average Bonchev–Trinajstić information content (AvgIpc) is 2.27. The van der Waals surface area contributed by atoms with Crippen molar-refractivity contribution >= 4 is 17.3 Å². The first-order chi connectivity index (χ1) is 7.50.